The van der Waals surface area contributed by atoms with Gasteiger partial charge in [0.25, 0.3) is 5.89 Å². The predicted octanol–water partition coefficient (Wildman–Crippen LogP) is 3.31. The Balaban J connectivity index is 1.87. The van der Waals surface area contributed by atoms with E-state index in [1.165, 1.54) is 11.3 Å². The maximum absolute atomic E-state index is 12.5. The minimum Gasteiger partial charge on any atom is -0.360 e. The van der Waals surface area contributed by atoms with Gasteiger partial charge in [0.15, 0.2) is 0 Å². The minimum atomic E-state index is -0.120. The van der Waals surface area contributed by atoms with Crippen molar-refractivity contribution in [3.05, 3.63) is 58.2 Å². The van der Waals surface area contributed by atoms with Crippen LogP contribution in [-0.2, 0) is 0 Å². The molecule has 0 aliphatic heterocycles. The molecule has 0 amide bonds. The molecule has 0 bridgehead atoms. The third-order valence-electron chi connectivity index (χ3n) is 3.19. The number of thiophene rings is 1. The highest BCUT2D eigenvalue weighted by Gasteiger charge is 2.15. The van der Waals surface area contributed by atoms with Crippen LogP contribution in [0.15, 0.2) is 57.3 Å². The van der Waals surface area contributed by atoms with Crippen molar-refractivity contribution in [2.75, 3.05) is 0 Å². The SMILES string of the molecule is O=c1c(-c2nc(-c3cccs3)no2)c[nH]c2ccccc12. The van der Waals surface area contributed by atoms with Crippen LogP contribution in [0.25, 0.3) is 33.1 Å². The Hall–Kier alpha value is -2.73. The molecule has 3 heterocycles. The Labute approximate surface area is 122 Å². The smallest absolute Gasteiger partial charge is 0.263 e. The van der Waals surface area contributed by atoms with Gasteiger partial charge in [0.2, 0.25) is 11.3 Å². The summed E-state index contributed by atoms with van der Waals surface area (Å²) >= 11 is 1.52. The molecule has 4 aromatic rings. The van der Waals surface area contributed by atoms with Crippen molar-refractivity contribution in [1.29, 1.82) is 0 Å². The average Bonchev–Trinajstić information content (AvgIpc) is 3.19. The Morgan fingerprint density at radius 2 is 2.05 bits per heavy atom. The fourth-order valence-electron chi connectivity index (χ4n) is 2.17. The zero-order chi connectivity index (χ0) is 14.2. The number of aromatic amines is 1. The van der Waals surface area contributed by atoms with Crippen LogP contribution in [-0.4, -0.2) is 15.1 Å². The minimum absolute atomic E-state index is 0.120. The summed E-state index contributed by atoms with van der Waals surface area (Å²) in [4.78, 5) is 20.8. The summed E-state index contributed by atoms with van der Waals surface area (Å²) in [7, 11) is 0. The lowest BCUT2D eigenvalue weighted by atomic mass is 10.1. The number of hydrogen-bond donors (Lipinski definition) is 1. The molecule has 6 heteroatoms. The molecule has 3 aromatic heterocycles. The number of pyridine rings is 1. The van der Waals surface area contributed by atoms with Crippen molar-refractivity contribution in [3.63, 3.8) is 0 Å². The molecule has 0 aliphatic rings. The van der Waals surface area contributed by atoms with Gasteiger partial charge in [0, 0.05) is 17.1 Å². The first kappa shape index (κ1) is 12.0. The maximum Gasteiger partial charge on any atom is 0.263 e. The summed E-state index contributed by atoms with van der Waals surface area (Å²) in [6, 6.07) is 11.1. The van der Waals surface area contributed by atoms with Crippen LogP contribution in [0, 0.1) is 0 Å². The van der Waals surface area contributed by atoms with E-state index in [1.54, 1.807) is 12.3 Å². The molecular weight excluding hydrogens is 286 g/mol. The summed E-state index contributed by atoms with van der Waals surface area (Å²) in [5.74, 6) is 0.720. The Kier molecular flexibility index (Phi) is 2.68. The Morgan fingerprint density at radius 1 is 1.14 bits per heavy atom. The third kappa shape index (κ3) is 1.96. The van der Waals surface area contributed by atoms with E-state index in [0.717, 1.165) is 10.4 Å². The van der Waals surface area contributed by atoms with Gasteiger partial charge in [0.05, 0.1) is 4.88 Å². The molecule has 4 rings (SSSR count). The molecule has 0 aliphatic carbocycles. The fourth-order valence-corrected chi connectivity index (χ4v) is 2.81. The normalized spacial score (nSPS) is 11.0. The largest absolute Gasteiger partial charge is 0.360 e. The fraction of sp³-hybridized carbons (Fsp3) is 0. The highest BCUT2D eigenvalue weighted by atomic mass is 32.1. The van der Waals surface area contributed by atoms with Crippen LogP contribution in [0.5, 0.6) is 0 Å². The summed E-state index contributed by atoms with van der Waals surface area (Å²) in [5, 5.41) is 6.47. The first-order valence-corrected chi connectivity index (χ1v) is 7.19. The first-order chi connectivity index (χ1) is 10.3. The maximum atomic E-state index is 12.5. The van der Waals surface area contributed by atoms with E-state index >= 15 is 0 Å². The lowest BCUT2D eigenvalue weighted by molar-refractivity contribution is 0.432. The van der Waals surface area contributed by atoms with E-state index < -0.39 is 0 Å². The number of nitrogens with one attached hydrogen (secondary N) is 1. The van der Waals surface area contributed by atoms with Crippen LogP contribution in [0.1, 0.15) is 0 Å². The van der Waals surface area contributed by atoms with Crippen molar-refractivity contribution in [1.82, 2.24) is 15.1 Å². The van der Waals surface area contributed by atoms with Crippen molar-refractivity contribution in [2.24, 2.45) is 0 Å². The van der Waals surface area contributed by atoms with Gasteiger partial charge in [-0.05, 0) is 23.6 Å². The number of nitrogens with zero attached hydrogens (tertiary/aromatic N) is 2. The number of rotatable bonds is 2. The van der Waals surface area contributed by atoms with Gasteiger partial charge < -0.3 is 9.51 Å². The van der Waals surface area contributed by atoms with Gasteiger partial charge >= 0.3 is 0 Å². The number of H-pyrrole nitrogens is 1. The second-order valence-electron chi connectivity index (χ2n) is 4.48. The number of benzene rings is 1. The van der Waals surface area contributed by atoms with Crippen molar-refractivity contribution < 1.29 is 4.52 Å². The first-order valence-electron chi connectivity index (χ1n) is 6.31. The molecule has 0 saturated carbocycles. The standard InChI is InChI=1S/C15H9N3O2S/c19-13-9-4-1-2-5-11(9)16-8-10(13)15-17-14(18-20-15)12-6-3-7-21-12/h1-8H,(H,16,19). The molecule has 0 radical (unpaired) electrons. The van der Waals surface area contributed by atoms with Crippen LogP contribution in [0.3, 0.4) is 0 Å². The number of aromatic nitrogens is 3. The van der Waals surface area contributed by atoms with Gasteiger partial charge in [-0.25, -0.2) is 0 Å². The average molecular weight is 295 g/mol. The molecule has 102 valence electrons. The summed E-state index contributed by atoms with van der Waals surface area (Å²) in [6.45, 7) is 0. The van der Waals surface area contributed by atoms with E-state index in [-0.39, 0.29) is 11.3 Å². The molecule has 1 N–H and O–H groups in total. The second-order valence-corrected chi connectivity index (χ2v) is 5.43. The van der Waals surface area contributed by atoms with E-state index in [4.69, 9.17) is 4.52 Å². The molecule has 5 nitrogen and oxygen atoms in total. The summed E-state index contributed by atoms with van der Waals surface area (Å²) < 4.78 is 5.23. The zero-order valence-corrected chi connectivity index (χ0v) is 11.6. The van der Waals surface area contributed by atoms with Crippen LogP contribution < -0.4 is 5.43 Å². The molecular formula is C15H9N3O2S. The highest BCUT2D eigenvalue weighted by Crippen LogP contribution is 2.24. The Bertz CT molecular complexity index is 970. The lowest BCUT2D eigenvalue weighted by Gasteiger charge is -1.98. The quantitative estimate of drug-likeness (QED) is 0.616. The number of para-hydroxylation sites is 1. The van der Waals surface area contributed by atoms with E-state index in [1.807, 2.05) is 35.7 Å². The molecule has 0 unspecified atom stereocenters. The molecule has 1 aromatic carbocycles. The van der Waals surface area contributed by atoms with Gasteiger partial charge in [-0.3, -0.25) is 4.79 Å². The van der Waals surface area contributed by atoms with E-state index in [2.05, 4.69) is 15.1 Å². The topological polar surface area (TPSA) is 71.8 Å². The van der Waals surface area contributed by atoms with Crippen molar-refractivity contribution in [2.45, 2.75) is 0 Å². The van der Waals surface area contributed by atoms with Gasteiger partial charge in [-0.15, -0.1) is 11.3 Å². The van der Waals surface area contributed by atoms with E-state index in [9.17, 15) is 4.79 Å². The second kappa shape index (κ2) is 4.68. The van der Waals surface area contributed by atoms with Crippen LogP contribution >= 0.6 is 11.3 Å². The molecule has 0 atom stereocenters. The molecule has 0 fully saturated rings. The summed E-state index contributed by atoms with van der Waals surface area (Å²) in [6.07, 6.45) is 1.61. The van der Waals surface area contributed by atoms with Crippen molar-refractivity contribution in [3.8, 4) is 22.2 Å². The number of hydrogen-bond acceptors (Lipinski definition) is 5. The molecule has 0 spiro atoms. The van der Waals surface area contributed by atoms with Crippen LogP contribution in [0.4, 0.5) is 0 Å². The van der Waals surface area contributed by atoms with E-state index in [0.29, 0.717) is 16.8 Å². The molecule has 0 saturated heterocycles. The number of fused-ring (bicyclic) bond motifs is 1. The summed E-state index contributed by atoms with van der Waals surface area (Å²) in [5.41, 5.74) is 1.04. The van der Waals surface area contributed by atoms with Crippen molar-refractivity contribution >= 4 is 22.2 Å². The van der Waals surface area contributed by atoms with Gasteiger partial charge in [-0.2, -0.15) is 4.98 Å². The highest BCUT2D eigenvalue weighted by molar-refractivity contribution is 7.13. The molecule has 21 heavy (non-hydrogen) atoms. The third-order valence-corrected chi connectivity index (χ3v) is 4.05. The van der Waals surface area contributed by atoms with Gasteiger partial charge in [-0.1, -0.05) is 23.4 Å². The van der Waals surface area contributed by atoms with Gasteiger partial charge in [0.1, 0.15) is 5.56 Å². The monoisotopic (exact) mass is 295 g/mol. The Morgan fingerprint density at radius 3 is 2.90 bits per heavy atom. The lowest BCUT2D eigenvalue weighted by Crippen LogP contribution is -2.06. The predicted molar refractivity (Wildman–Crippen MR) is 81.2 cm³/mol. The van der Waals surface area contributed by atoms with Crippen LogP contribution in [0.2, 0.25) is 0 Å². The zero-order valence-electron chi connectivity index (χ0n) is 10.7.